The topological polar surface area (TPSA) is 168 Å². The Kier molecular flexibility index (Phi) is 11.8. The molecule has 1 aromatic heterocycles. The van der Waals surface area contributed by atoms with Gasteiger partial charge in [0.15, 0.2) is 5.82 Å². The smallest absolute Gasteiger partial charge is 0.409 e. The van der Waals surface area contributed by atoms with E-state index in [1.807, 2.05) is 30.3 Å². The number of amides is 3. The number of nitrogens with one attached hydrogen (secondary N) is 1. The third kappa shape index (κ3) is 8.77. The van der Waals surface area contributed by atoms with Gasteiger partial charge in [-0.25, -0.2) is 14.8 Å². The van der Waals surface area contributed by atoms with Gasteiger partial charge in [-0.05, 0) is 39.2 Å². The fraction of sp³-hybridized carbons (Fsp3) is 0.531. The molecule has 1 aliphatic heterocycles. The molecule has 3 unspecified atom stereocenters. The number of carboxylic acids is 1. The minimum Gasteiger partial charge on any atom is -0.481 e. The molecule has 13 heteroatoms. The van der Waals surface area contributed by atoms with Crippen molar-refractivity contribution in [2.24, 2.45) is 5.92 Å². The van der Waals surface area contributed by atoms with Gasteiger partial charge >= 0.3 is 18.0 Å². The molecular weight excluding hydrogens is 582 g/mol. The zero-order valence-electron chi connectivity index (χ0n) is 25.8. The van der Waals surface area contributed by atoms with Crippen molar-refractivity contribution >= 4 is 29.8 Å². The van der Waals surface area contributed by atoms with Crippen LogP contribution in [0.4, 0.5) is 4.79 Å². The van der Waals surface area contributed by atoms with Crippen LogP contribution in [-0.2, 0) is 23.9 Å². The Labute approximate surface area is 262 Å². The van der Waals surface area contributed by atoms with Crippen molar-refractivity contribution in [1.29, 1.82) is 0 Å². The summed E-state index contributed by atoms with van der Waals surface area (Å²) in [6.07, 6.45) is 2.17. The molecular formula is C32H41N5O8. The van der Waals surface area contributed by atoms with Gasteiger partial charge in [-0.1, -0.05) is 43.2 Å². The van der Waals surface area contributed by atoms with Crippen LogP contribution in [0.2, 0.25) is 0 Å². The summed E-state index contributed by atoms with van der Waals surface area (Å²) in [5, 5.41) is 12.1. The molecule has 0 bridgehead atoms. The maximum Gasteiger partial charge on any atom is 0.409 e. The molecule has 2 aliphatic rings. The molecule has 0 radical (unpaired) electrons. The second-order valence-corrected chi connectivity index (χ2v) is 11.1. The van der Waals surface area contributed by atoms with Crippen LogP contribution in [0.3, 0.4) is 0 Å². The van der Waals surface area contributed by atoms with Crippen molar-refractivity contribution < 1.29 is 38.6 Å². The highest BCUT2D eigenvalue weighted by Crippen LogP contribution is 2.38. The summed E-state index contributed by atoms with van der Waals surface area (Å²) in [4.78, 5) is 76.1. The number of aromatic nitrogens is 2. The molecule has 0 spiro atoms. The molecule has 3 amide bonds. The van der Waals surface area contributed by atoms with Crippen LogP contribution < -0.4 is 5.32 Å². The fourth-order valence-electron chi connectivity index (χ4n) is 5.81. The molecule has 13 nitrogen and oxygen atoms in total. The van der Waals surface area contributed by atoms with Crippen LogP contribution in [-0.4, -0.2) is 100 Å². The van der Waals surface area contributed by atoms with Crippen LogP contribution in [0.15, 0.2) is 36.4 Å². The maximum absolute atomic E-state index is 13.8. The highest BCUT2D eigenvalue weighted by atomic mass is 16.6. The van der Waals surface area contributed by atoms with E-state index in [2.05, 4.69) is 10.3 Å². The quantitative estimate of drug-likeness (QED) is 0.355. The first-order valence-electron chi connectivity index (χ1n) is 15.6. The summed E-state index contributed by atoms with van der Waals surface area (Å²) >= 11 is 0. The Morgan fingerprint density at radius 3 is 2.27 bits per heavy atom. The first-order valence-corrected chi connectivity index (χ1v) is 15.6. The number of rotatable bonds is 11. The number of benzene rings is 1. The summed E-state index contributed by atoms with van der Waals surface area (Å²) in [5.74, 6) is -2.90. The lowest BCUT2D eigenvalue weighted by molar-refractivity contribution is -0.150. The number of carbonyl (C=O) groups excluding carboxylic acids is 4. The Balaban J connectivity index is 1.61. The number of hydrogen-bond donors (Lipinski definition) is 2. The van der Waals surface area contributed by atoms with Gasteiger partial charge in [0.1, 0.15) is 11.7 Å². The van der Waals surface area contributed by atoms with E-state index in [1.54, 1.807) is 19.9 Å². The molecule has 1 saturated carbocycles. The summed E-state index contributed by atoms with van der Waals surface area (Å²) in [7, 11) is 0. The lowest BCUT2D eigenvalue weighted by Gasteiger charge is -2.36. The first kappa shape index (κ1) is 33.3. The van der Waals surface area contributed by atoms with E-state index in [4.69, 9.17) is 14.5 Å². The minimum atomic E-state index is -1.14. The Hall–Kier alpha value is -4.55. The molecule has 45 heavy (non-hydrogen) atoms. The van der Waals surface area contributed by atoms with Crippen molar-refractivity contribution in [2.45, 2.75) is 64.3 Å². The molecule has 4 rings (SSSR count). The monoisotopic (exact) mass is 623 g/mol. The van der Waals surface area contributed by atoms with Gasteiger partial charge in [-0.15, -0.1) is 0 Å². The third-order valence-electron chi connectivity index (χ3n) is 8.11. The van der Waals surface area contributed by atoms with Gasteiger partial charge in [-0.3, -0.25) is 19.2 Å². The standard InChI is InChI=1S/C32H41N5O8/c1-3-44-31(42)23-13-9-8-12-22(23)25-20-26(34-28(33-25)21-10-6-5-7-11-21)29(40)35-24(14-15-27(38)39)30(41)36-16-18-37(19-17-36)32(43)45-4-2/h5-7,10-11,20,22-24H,3-4,8-9,12-19H2,1-2H3,(H,35,40)(H,38,39). The van der Waals surface area contributed by atoms with Crippen molar-refractivity contribution in [1.82, 2.24) is 25.1 Å². The van der Waals surface area contributed by atoms with Gasteiger partial charge in [0.2, 0.25) is 5.91 Å². The van der Waals surface area contributed by atoms with Crippen LogP contribution in [0.1, 0.15) is 74.5 Å². The molecule has 1 aromatic carbocycles. The number of hydrogen-bond acceptors (Lipinski definition) is 9. The van der Waals surface area contributed by atoms with E-state index in [9.17, 15) is 29.1 Å². The van der Waals surface area contributed by atoms with E-state index in [-0.39, 0.29) is 69.8 Å². The normalized spacial score (nSPS) is 18.9. The zero-order valence-corrected chi connectivity index (χ0v) is 25.8. The van der Waals surface area contributed by atoms with E-state index in [0.29, 0.717) is 29.9 Å². The average molecular weight is 624 g/mol. The van der Waals surface area contributed by atoms with Crippen LogP contribution in [0, 0.1) is 5.92 Å². The molecule has 2 fully saturated rings. The van der Waals surface area contributed by atoms with Crippen molar-refractivity contribution in [2.75, 3.05) is 39.4 Å². The van der Waals surface area contributed by atoms with Crippen LogP contribution in [0.5, 0.6) is 0 Å². The van der Waals surface area contributed by atoms with E-state index < -0.39 is 35.8 Å². The molecule has 1 saturated heterocycles. The van der Waals surface area contributed by atoms with Gasteiger partial charge in [-0.2, -0.15) is 0 Å². The van der Waals surface area contributed by atoms with Crippen molar-refractivity contribution in [3.8, 4) is 11.4 Å². The number of carbonyl (C=O) groups is 5. The second kappa shape index (κ2) is 16.0. The highest BCUT2D eigenvalue weighted by Gasteiger charge is 2.36. The van der Waals surface area contributed by atoms with E-state index in [0.717, 1.165) is 12.8 Å². The third-order valence-corrected chi connectivity index (χ3v) is 8.11. The maximum atomic E-state index is 13.8. The largest absolute Gasteiger partial charge is 0.481 e. The summed E-state index contributed by atoms with van der Waals surface area (Å²) in [6, 6.07) is 9.57. The molecule has 2 aromatic rings. The van der Waals surface area contributed by atoms with Crippen molar-refractivity contribution in [3.63, 3.8) is 0 Å². The number of aliphatic carboxylic acids is 1. The summed E-state index contributed by atoms with van der Waals surface area (Å²) in [6.45, 7) is 4.91. The summed E-state index contributed by atoms with van der Waals surface area (Å²) in [5.41, 5.74) is 1.22. The van der Waals surface area contributed by atoms with Gasteiger partial charge < -0.3 is 29.7 Å². The van der Waals surface area contributed by atoms with E-state index >= 15 is 0 Å². The second-order valence-electron chi connectivity index (χ2n) is 11.1. The lowest BCUT2D eigenvalue weighted by Crippen LogP contribution is -2.56. The van der Waals surface area contributed by atoms with Crippen molar-refractivity contribution in [3.05, 3.63) is 47.8 Å². The number of nitrogens with zero attached hydrogens (tertiary/aromatic N) is 4. The van der Waals surface area contributed by atoms with Crippen LogP contribution in [0.25, 0.3) is 11.4 Å². The summed E-state index contributed by atoms with van der Waals surface area (Å²) < 4.78 is 10.4. The number of carboxylic acid groups (broad SMARTS) is 1. The fourth-order valence-corrected chi connectivity index (χ4v) is 5.81. The van der Waals surface area contributed by atoms with Gasteiger partial charge in [0, 0.05) is 49.8 Å². The highest BCUT2D eigenvalue weighted by molar-refractivity contribution is 5.96. The average Bonchev–Trinajstić information content (AvgIpc) is 3.06. The molecule has 2 N–H and O–H groups in total. The van der Waals surface area contributed by atoms with Gasteiger partial charge in [0.25, 0.3) is 5.91 Å². The molecule has 1 aliphatic carbocycles. The number of ether oxygens (including phenoxy) is 2. The molecule has 3 atom stereocenters. The van der Waals surface area contributed by atoms with Gasteiger partial charge in [0.05, 0.1) is 19.1 Å². The molecule has 242 valence electrons. The number of esters is 1. The van der Waals surface area contributed by atoms with Crippen LogP contribution >= 0.6 is 0 Å². The number of piperazine rings is 1. The first-order chi connectivity index (χ1) is 21.7. The predicted molar refractivity (Wildman–Crippen MR) is 162 cm³/mol. The minimum absolute atomic E-state index is 0.00675. The molecule has 2 heterocycles. The zero-order chi connectivity index (χ0) is 32.3. The van der Waals surface area contributed by atoms with E-state index in [1.165, 1.54) is 9.80 Å². The Bertz CT molecular complexity index is 1360. The SMILES string of the molecule is CCOC(=O)C1CCCCC1c1cc(C(=O)NC(CCC(=O)O)C(=O)N2CCN(C(=O)OCC)CC2)nc(-c2ccccc2)n1. The Morgan fingerprint density at radius 2 is 1.60 bits per heavy atom. The lowest BCUT2D eigenvalue weighted by atomic mass is 9.77. The predicted octanol–water partition coefficient (Wildman–Crippen LogP) is 3.24. The Morgan fingerprint density at radius 1 is 0.933 bits per heavy atom.